The highest BCUT2D eigenvalue weighted by Crippen LogP contribution is 2.32. The van der Waals surface area contributed by atoms with Crippen LogP contribution in [0.15, 0.2) is 54.6 Å². The van der Waals surface area contributed by atoms with Gasteiger partial charge in [0.1, 0.15) is 5.54 Å². The van der Waals surface area contributed by atoms with Crippen molar-refractivity contribution in [1.29, 1.82) is 0 Å². The van der Waals surface area contributed by atoms with Crippen LogP contribution in [0.1, 0.15) is 29.7 Å². The van der Waals surface area contributed by atoms with Gasteiger partial charge in [-0.15, -0.1) is 0 Å². The van der Waals surface area contributed by atoms with Gasteiger partial charge in [0.05, 0.1) is 18.2 Å². The first-order chi connectivity index (χ1) is 12.6. The maximum atomic E-state index is 12.8. The van der Waals surface area contributed by atoms with Gasteiger partial charge in [-0.1, -0.05) is 42.5 Å². The molecular formula is C19H17F3N2O3. The van der Waals surface area contributed by atoms with Crippen molar-refractivity contribution in [1.82, 2.24) is 10.2 Å². The van der Waals surface area contributed by atoms with E-state index in [0.29, 0.717) is 5.56 Å². The Hall–Kier alpha value is -2.87. The minimum absolute atomic E-state index is 0.0289. The molecule has 0 bridgehead atoms. The maximum Gasteiger partial charge on any atom is 0.416 e. The third kappa shape index (κ3) is 3.52. The van der Waals surface area contributed by atoms with Crippen molar-refractivity contribution < 1.29 is 27.9 Å². The quantitative estimate of drug-likeness (QED) is 0.803. The summed E-state index contributed by atoms with van der Waals surface area (Å²) < 4.78 is 38.5. The van der Waals surface area contributed by atoms with E-state index in [2.05, 4.69) is 5.32 Å². The number of halogens is 3. The molecule has 0 aromatic heterocycles. The Morgan fingerprint density at radius 3 is 2.41 bits per heavy atom. The van der Waals surface area contributed by atoms with Crippen LogP contribution < -0.4 is 5.32 Å². The number of hydrogen-bond donors (Lipinski definition) is 2. The molecular weight excluding hydrogens is 361 g/mol. The van der Waals surface area contributed by atoms with Gasteiger partial charge in [-0.05, 0) is 30.2 Å². The van der Waals surface area contributed by atoms with Crippen LogP contribution in [0.2, 0.25) is 0 Å². The van der Waals surface area contributed by atoms with Gasteiger partial charge in [-0.2, -0.15) is 13.2 Å². The zero-order valence-corrected chi connectivity index (χ0v) is 14.3. The molecule has 1 fully saturated rings. The number of aliphatic hydroxyl groups excluding tert-OH is 1. The minimum atomic E-state index is -4.55. The van der Waals surface area contributed by atoms with Crippen LogP contribution in [0, 0.1) is 0 Å². The Morgan fingerprint density at radius 2 is 1.78 bits per heavy atom. The van der Waals surface area contributed by atoms with Gasteiger partial charge in [-0.3, -0.25) is 9.69 Å². The first-order valence-electron chi connectivity index (χ1n) is 8.18. The van der Waals surface area contributed by atoms with Crippen LogP contribution in [0.4, 0.5) is 18.0 Å². The smallest absolute Gasteiger partial charge is 0.387 e. The summed E-state index contributed by atoms with van der Waals surface area (Å²) in [5.41, 5.74) is -1.67. The second kappa shape index (κ2) is 6.70. The van der Waals surface area contributed by atoms with Crippen molar-refractivity contribution in [3.05, 3.63) is 71.3 Å². The predicted molar refractivity (Wildman–Crippen MR) is 90.4 cm³/mol. The topological polar surface area (TPSA) is 69.6 Å². The van der Waals surface area contributed by atoms with Crippen molar-refractivity contribution in [3.8, 4) is 0 Å². The van der Waals surface area contributed by atoms with E-state index in [4.69, 9.17) is 0 Å². The molecule has 2 aromatic carbocycles. The molecule has 142 valence electrons. The number of carbonyl (C=O) groups excluding carboxylic acids is 2. The molecule has 8 heteroatoms. The largest absolute Gasteiger partial charge is 0.416 e. The second-order valence-corrected chi connectivity index (χ2v) is 6.48. The van der Waals surface area contributed by atoms with Crippen molar-refractivity contribution in [2.75, 3.05) is 6.54 Å². The van der Waals surface area contributed by atoms with Gasteiger partial charge in [0.2, 0.25) is 0 Å². The lowest BCUT2D eigenvalue weighted by molar-refractivity contribution is -0.138. The van der Waals surface area contributed by atoms with E-state index in [1.807, 2.05) is 0 Å². The summed E-state index contributed by atoms with van der Waals surface area (Å²) in [4.78, 5) is 25.9. The normalized spacial score (nSPS) is 21.3. The van der Waals surface area contributed by atoms with E-state index in [1.165, 1.54) is 12.1 Å². The molecule has 1 heterocycles. The van der Waals surface area contributed by atoms with Gasteiger partial charge in [0.25, 0.3) is 5.91 Å². The molecule has 2 aromatic rings. The fourth-order valence-electron chi connectivity index (χ4n) is 3.03. The first kappa shape index (κ1) is 18.9. The maximum absolute atomic E-state index is 12.8. The minimum Gasteiger partial charge on any atom is -0.387 e. The van der Waals surface area contributed by atoms with Crippen molar-refractivity contribution in [3.63, 3.8) is 0 Å². The van der Waals surface area contributed by atoms with Crippen LogP contribution in [-0.2, 0) is 16.5 Å². The van der Waals surface area contributed by atoms with Crippen molar-refractivity contribution in [2.24, 2.45) is 0 Å². The van der Waals surface area contributed by atoms with Crippen molar-refractivity contribution in [2.45, 2.75) is 24.7 Å². The Balaban J connectivity index is 1.82. The Bertz CT molecular complexity index is 870. The second-order valence-electron chi connectivity index (χ2n) is 6.48. The number of benzene rings is 2. The average molecular weight is 378 g/mol. The third-order valence-electron chi connectivity index (χ3n) is 4.58. The van der Waals surface area contributed by atoms with Gasteiger partial charge >= 0.3 is 12.2 Å². The fraction of sp³-hybridized carbons (Fsp3) is 0.263. The van der Waals surface area contributed by atoms with Gasteiger partial charge < -0.3 is 10.4 Å². The molecule has 3 rings (SSSR count). The SMILES string of the molecule is CC1(c2ccccc2)NC(=O)N(CC(O)c2cccc(C(F)(F)F)c2)C1=O. The van der Waals surface area contributed by atoms with Crippen LogP contribution in [0.25, 0.3) is 0 Å². The lowest BCUT2D eigenvalue weighted by atomic mass is 9.92. The Labute approximate surface area is 153 Å². The lowest BCUT2D eigenvalue weighted by Crippen LogP contribution is -2.41. The number of aliphatic hydroxyl groups is 1. The fourth-order valence-corrected chi connectivity index (χ4v) is 3.03. The standard InChI is InChI=1S/C19H17F3N2O3/c1-18(13-7-3-2-4-8-13)16(26)24(17(27)23-18)11-15(25)12-6-5-9-14(10-12)19(20,21)22/h2-10,15,25H,11H2,1H3,(H,23,27). The molecule has 2 N–H and O–H groups in total. The number of carbonyl (C=O) groups is 2. The molecule has 2 unspecified atom stereocenters. The average Bonchev–Trinajstić information content (AvgIpc) is 2.86. The number of rotatable bonds is 4. The van der Waals surface area contributed by atoms with E-state index in [-0.39, 0.29) is 5.56 Å². The highest BCUT2D eigenvalue weighted by molar-refractivity contribution is 6.07. The number of urea groups is 1. The van der Waals surface area contributed by atoms with E-state index in [0.717, 1.165) is 17.0 Å². The zero-order valence-electron chi connectivity index (χ0n) is 14.3. The summed E-state index contributed by atoms with van der Waals surface area (Å²) in [6, 6.07) is 12.0. The van der Waals surface area contributed by atoms with Gasteiger partial charge in [0, 0.05) is 0 Å². The van der Waals surface area contributed by atoms with E-state index >= 15 is 0 Å². The molecule has 5 nitrogen and oxygen atoms in total. The summed E-state index contributed by atoms with van der Waals surface area (Å²) in [6.07, 6.45) is -6.00. The first-order valence-corrected chi connectivity index (χ1v) is 8.18. The van der Waals surface area contributed by atoms with Gasteiger partial charge in [-0.25, -0.2) is 4.79 Å². The molecule has 3 amide bonds. The Morgan fingerprint density at radius 1 is 1.11 bits per heavy atom. The summed E-state index contributed by atoms with van der Waals surface area (Å²) in [6.45, 7) is 1.09. The highest BCUT2D eigenvalue weighted by Gasteiger charge is 2.49. The Kier molecular flexibility index (Phi) is 4.69. The molecule has 1 aliphatic rings. The summed E-state index contributed by atoms with van der Waals surface area (Å²) >= 11 is 0. The molecule has 2 atom stereocenters. The summed E-state index contributed by atoms with van der Waals surface area (Å²) in [5, 5.41) is 12.9. The van der Waals surface area contributed by atoms with Crippen LogP contribution in [0.5, 0.6) is 0 Å². The number of amides is 3. The third-order valence-corrected chi connectivity index (χ3v) is 4.58. The molecule has 0 saturated carbocycles. The number of alkyl halides is 3. The summed E-state index contributed by atoms with van der Waals surface area (Å²) in [7, 11) is 0. The zero-order chi connectivity index (χ0) is 19.8. The molecule has 0 radical (unpaired) electrons. The van der Waals surface area contributed by atoms with E-state index in [9.17, 15) is 27.9 Å². The van der Waals surface area contributed by atoms with E-state index in [1.54, 1.807) is 37.3 Å². The number of imide groups is 1. The molecule has 0 spiro atoms. The lowest BCUT2D eigenvalue weighted by Gasteiger charge is -2.23. The van der Waals surface area contributed by atoms with Crippen LogP contribution in [-0.4, -0.2) is 28.5 Å². The van der Waals surface area contributed by atoms with Gasteiger partial charge in [0.15, 0.2) is 0 Å². The van der Waals surface area contributed by atoms with Crippen LogP contribution >= 0.6 is 0 Å². The number of hydrogen-bond acceptors (Lipinski definition) is 3. The summed E-state index contributed by atoms with van der Waals surface area (Å²) in [5.74, 6) is -0.579. The van der Waals surface area contributed by atoms with Crippen LogP contribution in [0.3, 0.4) is 0 Å². The predicted octanol–water partition coefficient (Wildman–Crippen LogP) is 3.21. The molecule has 0 aliphatic carbocycles. The van der Waals surface area contributed by atoms with Crippen molar-refractivity contribution >= 4 is 11.9 Å². The highest BCUT2D eigenvalue weighted by atomic mass is 19.4. The molecule has 1 saturated heterocycles. The van der Waals surface area contributed by atoms with E-state index < -0.39 is 41.9 Å². The number of β-amino-alcohol motifs (C(OH)–C–C–N with tert-alkyl or cyclic N) is 1. The monoisotopic (exact) mass is 378 g/mol. The number of nitrogens with one attached hydrogen (secondary N) is 1. The molecule has 1 aliphatic heterocycles. The molecule has 27 heavy (non-hydrogen) atoms. The number of nitrogens with zero attached hydrogens (tertiary/aromatic N) is 1.